The predicted octanol–water partition coefficient (Wildman–Crippen LogP) is 0.952. The van der Waals surface area contributed by atoms with Gasteiger partial charge in [-0.25, -0.2) is 13.1 Å². The molecule has 0 saturated heterocycles. The Morgan fingerprint density at radius 3 is 2.27 bits per heavy atom. The van der Waals surface area contributed by atoms with Crippen molar-refractivity contribution in [2.75, 3.05) is 14.2 Å². The lowest BCUT2D eigenvalue weighted by Crippen LogP contribution is -2.42. The van der Waals surface area contributed by atoms with Gasteiger partial charge in [-0.1, -0.05) is 19.1 Å². The Labute approximate surface area is 129 Å². The van der Waals surface area contributed by atoms with Gasteiger partial charge in [-0.15, -0.1) is 0 Å². The van der Waals surface area contributed by atoms with Crippen LogP contribution in [0.25, 0.3) is 0 Å². The molecule has 0 aromatic heterocycles. The lowest BCUT2D eigenvalue weighted by molar-refractivity contribution is -0.144. The predicted molar refractivity (Wildman–Crippen MR) is 80.0 cm³/mol. The average Bonchev–Trinajstić information content (AvgIpc) is 2.51. The van der Waals surface area contributed by atoms with E-state index in [0.717, 1.165) is 0 Å². The highest BCUT2D eigenvalue weighted by Gasteiger charge is 2.33. The first-order chi connectivity index (χ1) is 10.2. The number of amides is 1. The van der Waals surface area contributed by atoms with Crippen LogP contribution in [0.4, 0.5) is 0 Å². The number of esters is 1. The van der Waals surface area contributed by atoms with Gasteiger partial charge >= 0.3 is 5.97 Å². The lowest BCUT2D eigenvalue weighted by atomic mass is 10.1. The molecule has 0 fully saturated rings. The molecule has 8 heteroatoms. The summed E-state index contributed by atoms with van der Waals surface area (Å²) < 4.78 is 35.9. The van der Waals surface area contributed by atoms with Gasteiger partial charge in [0, 0.05) is 0 Å². The van der Waals surface area contributed by atoms with E-state index in [0.29, 0.717) is 0 Å². The molecule has 0 saturated carbocycles. The van der Waals surface area contributed by atoms with E-state index in [4.69, 9.17) is 4.74 Å². The van der Waals surface area contributed by atoms with Gasteiger partial charge in [0.15, 0.2) is 0 Å². The van der Waals surface area contributed by atoms with Crippen LogP contribution in [-0.2, 0) is 19.6 Å². The van der Waals surface area contributed by atoms with Crippen molar-refractivity contribution in [2.24, 2.45) is 5.92 Å². The third-order valence-electron chi connectivity index (χ3n) is 3.35. The molecule has 1 N–H and O–H groups in total. The standard InChI is InChI=1S/C14H19NO6S/c1-9(14(17)21-4)10(2)22(18,19)15-13(16)11-7-5-6-8-12(11)20-3/h5-10H,1-4H3,(H,15,16)/t9-,10-/m1/s1. The number of hydrogen-bond donors (Lipinski definition) is 1. The number of nitrogens with one attached hydrogen (secondary N) is 1. The van der Waals surface area contributed by atoms with E-state index in [-0.39, 0.29) is 11.3 Å². The topological polar surface area (TPSA) is 98.8 Å². The van der Waals surface area contributed by atoms with Gasteiger partial charge in [0.05, 0.1) is 31.0 Å². The second-order valence-corrected chi connectivity index (χ2v) is 6.73. The Morgan fingerprint density at radius 2 is 1.73 bits per heavy atom. The molecule has 1 aromatic rings. The molecule has 1 aromatic carbocycles. The summed E-state index contributed by atoms with van der Waals surface area (Å²) in [5.41, 5.74) is 0.0893. The minimum Gasteiger partial charge on any atom is -0.496 e. The Kier molecular flexibility index (Phi) is 5.92. The van der Waals surface area contributed by atoms with E-state index >= 15 is 0 Å². The summed E-state index contributed by atoms with van der Waals surface area (Å²) in [6, 6.07) is 6.23. The Morgan fingerprint density at radius 1 is 1.14 bits per heavy atom. The van der Waals surface area contributed by atoms with Crippen LogP contribution >= 0.6 is 0 Å². The van der Waals surface area contributed by atoms with Crippen LogP contribution in [0, 0.1) is 5.92 Å². The van der Waals surface area contributed by atoms with Gasteiger partial charge in [-0.3, -0.25) is 9.59 Å². The monoisotopic (exact) mass is 329 g/mol. The van der Waals surface area contributed by atoms with E-state index in [1.807, 2.05) is 4.72 Å². The Balaban J connectivity index is 2.97. The largest absolute Gasteiger partial charge is 0.496 e. The van der Waals surface area contributed by atoms with Crippen LogP contribution in [0.15, 0.2) is 24.3 Å². The fourth-order valence-electron chi connectivity index (χ4n) is 1.76. The van der Waals surface area contributed by atoms with Crippen molar-refractivity contribution in [3.05, 3.63) is 29.8 Å². The normalized spacial score (nSPS) is 13.8. The van der Waals surface area contributed by atoms with E-state index in [9.17, 15) is 18.0 Å². The van der Waals surface area contributed by atoms with Crippen molar-refractivity contribution in [1.29, 1.82) is 0 Å². The summed E-state index contributed by atoms with van der Waals surface area (Å²) in [7, 11) is -1.49. The van der Waals surface area contributed by atoms with Gasteiger partial charge in [0.25, 0.3) is 5.91 Å². The molecule has 0 heterocycles. The first-order valence-corrected chi connectivity index (χ1v) is 8.06. The first-order valence-electron chi connectivity index (χ1n) is 6.51. The highest BCUT2D eigenvalue weighted by atomic mass is 32.2. The van der Waals surface area contributed by atoms with Gasteiger partial charge in [-0.05, 0) is 19.1 Å². The molecule has 0 aliphatic carbocycles. The van der Waals surface area contributed by atoms with Crippen molar-refractivity contribution in [1.82, 2.24) is 4.72 Å². The third-order valence-corrected chi connectivity index (χ3v) is 5.21. The van der Waals surface area contributed by atoms with Crippen LogP contribution < -0.4 is 9.46 Å². The number of ether oxygens (including phenoxy) is 2. The fraction of sp³-hybridized carbons (Fsp3) is 0.429. The molecule has 122 valence electrons. The first kappa shape index (κ1) is 18.0. The zero-order valence-corrected chi connectivity index (χ0v) is 13.6. The van der Waals surface area contributed by atoms with Crippen LogP contribution in [-0.4, -0.2) is 39.8 Å². The molecule has 0 spiro atoms. The van der Waals surface area contributed by atoms with Crippen molar-refractivity contribution >= 4 is 21.9 Å². The number of carbonyl (C=O) groups excluding carboxylic acids is 2. The highest BCUT2D eigenvalue weighted by molar-refractivity contribution is 7.90. The maximum absolute atomic E-state index is 12.2. The van der Waals surface area contributed by atoms with Crippen molar-refractivity contribution < 1.29 is 27.5 Å². The van der Waals surface area contributed by atoms with Crippen LogP contribution in [0.5, 0.6) is 5.75 Å². The molecule has 0 bridgehead atoms. The summed E-state index contributed by atoms with van der Waals surface area (Å²) in [6.07, 6.45) is 0. The van der Waals surface area contributed by atoms with E-state index in [2.05, 4.69) is 4.74 Å². The molecule has 0 radical (unpaired) electrons. The summed E-state index contributed by atoms with van der Waals surface area (Å²) in [5.74, 6) is -2.14. The molecule has 22 heavy (non-hydrogen) atoms. The number of sulfonamides is 1. The summed E-state index contributed by atoms with van der Waals surface area (Å²) in [4.78, 5) is 23.6. The SMILES string of the molecule is COC(=O)[C@H](C)[C@@H](C)S(=O)(=O)NC(=O)c1ccccc1OC. The molecule has 0 aliphatic heterocycles. The molecular weight excluding hydrogens is 310 g/mol. The number of para-hydroxylation sites is 1. The summed E-state index contributed by atoms with van der Waals surface area (Å²) in [6.45, 7) is 2.75. The van der Waals surface area contributed by atoms with E-state index in [1.54, 1.807) is 18.2 Å². The third kappa shape index (κ3) is 3.97. The highest BCUT2D eigenvalue weighted by Crippen LogP contribution is 2.19. The second kappa shape index (κ2) is 7.26. The zero-order chi connectivity index (χ0) is 16.9. The maximum atomic E-state index is 12.2. The number of carbonyl (C=O) groups is 2. The molecular formula is C14H19NO6S. The van der Waals surface area contributed by atoms with Gasteiger partial charge in [0.2, 0.25) is 10.0 Å². The van der Waals surface area contributed by atoms with Gasteiger partial charge in [0.1, 0.15) is 5.75 Å². The number of benzene rings is 1. The maximum Gasteiger partial charge on any atom is 0.309 e. The number of hydrogen-bond acceptors (Lipinski definition) is 6. The van der Waals surface area contributed by atoms with Crippen LogP contribution in [0.2, 0.25) is 0 Å². The molecule has 1 rings (SSSR count). The second-order valence-electron chi connectivity index (χ2n) is 4.69. The van der Waals surface area contributed by atoms with Crippen molar-refractivity contribution in [2.45, 2.75) is 19.1 Å². The quantitative estimate of drug-likeness (QED) is 0.780. The smallest absolute Gasteiger partial charge is 0.309 e. The van der Waals surface area contributed by atoms with Gasteiger partial charge in [-0.2, -0.15) is 0 Å². The number of rotatable bonds is 6. The molecule has 1 amide bonds. The Hall–Kier alpha value is -2.09. The lowest BCUT2D eigenvalue weighted by Gasteiger charge is -2.19. The molecule has 7 nitrogen and oxygen atoms in total. The van der Waals surface area contributed by atoms with Gasteiger partial charge < -0.3 is 9.47 Å². The minimum absolute atomic E-state index is 0.0893. The van der Waals surface area contributed by atoms with Crippen LogP contribution in [0.1, 0.15) is 24.2 Å². The minimum atomic E-state index is -4.04. The summed E-state index contributed by atoms with van der Waals surface area (Å²) >= 11 is 0. The van der Waals surface area contributed by atoms with E-state index < -0.39 is 33.1 Å². The molecule has 0 unspecified atom stereocenters. The Bertz CT molecular complexity index is 655. The summed E-state index contributed by atoms with van der Waals surface area (Å²) in [5, 5.41) is -1.13. The molecule has 2 atom stereocenters. The van der Waals surface area contributed by atoms with Crippen LogP contribution in [0.3, 0.4) is 0 Å². The average molecular weight is 329 g/mol. The number of methoxy groups -OCH3 is 2. The molecule has 0 aliphatic rings. The van der Waals surface area contributed by atoms with E-state index in [1.165, 1.54) is 34.1 Å². The van der Waals surface area contributed by atoms with Crippen molar-refractivity contribution in [3.63, 3.8) is 0 Å². The fourth-order valence-corrected chi connectivity index (χ4v) is 2.96. The zero-order valence-electron chi connectivity index (χ0n) is 12.8. The van der Waals surface area contributed by atoms with Crippen molar-refractivity contribution in [3.8, 4) is 5.75 Å².